The Balaban J connectivity index is 1.82. The molecule has 5 nitrogen and oxygen atoms in total. The van der Waals surface area contributed by atoms with Crippen LogP contribution in [0.2, 0.25) is 0 Å². The minimum Gasteiger partial charge on any atom is -0.311 e. The molecule has 1 aromatic heterocycles. The molecule has 0 atom stereocenters. The van der Waals surface area contributed by atoms with Gasteiger partial charge in [0.05, 0.1) is 12.0 Å². The first kappa shape index (κ1) is 17.6. The van der Waals surface area contributed by atoms with Crippen molar-refractivity contribution >= 4 is 11.6 Å². The molecule has 3 rings (SSSR count). The van der Waals surface area contributed by atoms with E-state index >= 15 is 0 Å². The number of anilines is 1. The molecule has 1 amide bonds. The molecule has 0 bridgehead atoms. The zero-order valence-electron chi connectivity index (χ0n) is 14.9. The van der Waals surface area contributed by atoms with Gasteiger partial charge in [0.15, 0.2) is 0 Å². The van der Waals surface area contributed by atoms with Crippen molar-refractivity contribution in [3.63, 3.8) is 0 Å². The molecule has 0 unspecified atom stereocenters. The van der Waals surface area contributed by atoms with E-state index in [1.165, 1.54) is 17.0 Å². The van der Waals surface area contributed by atoms with Crippen molar-refractivity contribution < 1.29 is 4.79 Å². The molecule has 2 aromatic carbocycles. The summed E-state index contributed by atoms with van der Waals surface area (Å²) in [5, 5.41) is 0. The number of carbonyl (C=O) groups is 1. The molecule has 0 saturated heterocycles. The summed E-state index contributed by atoms with van der Waals surface area (Å²) in [4.78, 5) is 31.1. The largest absolute Gasteiger partial charge is 0.311 e. The average Bonchev–Trinajstić information content (AvgIpc) is 2.65. The molecule has 0 aliphatic heterocycles. The first-order valence-electron chi connectivity index (χ1n) is 8.57. The van der Waals surface area contributed by atoms with Gasteiger partial charge in [-0.1, -0.05) is 42.5 Å². The number of carbonyl (C=O) groups excluding carboxylic acids is 1. The summed E-state index contributed by atoms with van der Waals surface area (Å²) in [6, 6.07) is 18.7. The van der Waals surface area contributed by atoms with Gasteiger partial charge in [-0.15, -0.1) is 0 Å². The summed E-state index contributed by atoms with van der Waals surface area (Å²) in [5.74, 6) is -0.144. The second-order valence-corrected chi connectivity index (χ2v) is 6.08. The Bertz CT molecular complexity index is 964. The fraction of sp³-hybridized carbons (Fsp3) is 0.190. The van der Waals surface area contributed by atoms with Crippen LogP contribution in [-0.4, -0.2) is 22.0 Å². The molecular formula is C21H21N3O2. The van der Waals surface area contributed by atoms with Gasteiger partial charge >= 0.3 is 0 Å². The lowest BCUT2D eigenvalue weighted by atomic mass is 10.1. The third-order valence-electron chi connectivity index (χ3n) is 4.19. The fourth-order valence-electron chi connectivity index (χ4n) is 2.84. The van der Waals surface area contributed by atoms with Crippen LogP contribution in [0.4, 0.5) is 5.69 Å². The van der Waals surface area contributed by atoms with Gasteiger partial charge < -0.3 is 4.90 Å². The summed E-state index contributed by atoms with van der Waals surface area (Å²) < 4.78 is 1.34. The number of amides is 1. The summed E-state index contributed by atoms with van der Waals surface area (Å²) in [6.45, 7) is 4.40. The first-order valence-corrected chi connectivity index (χ1v) is 8.57. The molecule has 0 saturated carbocycles. The van der Waals surface area contributed by atoms with Crippen LogP contribution in [0, 0.1) is 6.92 Å². The van der Waals surface area contributed by atoms with E-state index in [1.807, 2.05) is 68.4 Å². The average molecular weight is 347 g/mol. The molecule has 0 spiro atoms. The smallest absolute Gasteiger partial charge is 0.254 e. The minimum atomic E-state index is -0.243. The van der Waals surface area contributed by atoms with E-state index in [9.17, 15) is 9.59 Å². The highest BCUT2D eigenvalue weighted by Crippen LogP contribution is 2.17. The Kier molecular flexibility index (Phi) is 5.27. The number of aryl methyl sites for hydroxylation is 1. The van der Waals surface area contributed by atoms with Crippen LogP contribution in [0.25, 0.3) is 11.3 Å². The van der Waals surface area contributed by atoms with Crippen LogP contribution in [0.1, 0.15) is 12.5 Å². The van der Waals surface area contributed by atoms with E-state index in [-0.39, 0.29) is 18.0 Å². The van der Waals surface area contributed by atoms with Crippen LogP contribution in [0.15, 0.2) is 71.8 Å². The predicted octanol–water partition coefficient (Wildman–Crippen LogP) is 3.27. The molecular weight excluding hydrogens is 326 g/mol. The second kappa shape index (κ2) is 7.78. The highest BCUT2D eigenvalue weighted by Gasteiger charge is 2.15. The monoisotopic (exact) mass is 347 g/mol. The lowest BCUT2D eigenvalue weighted by molar-refractivity contribution is -0.119. The maximum atomic E-state index is 12.7. The van der Waals surface area contributed by atoms with Gasteiger partial charge in [0, 0.05) is 23.9 Å². The SMILES string of the molecule is CCN(C(=O)Cn1cnc(-c2ccccc2)cc1=O)c1cccc(C)c1. The quantitative estimate of drug-likeness (QED) is 0.712. The van der Waals surface area contributed by atoms with Crippen molar-refractivity contribution in [1.29, 1.82) is 0 Å². The molecule has 0 N–H and O–H groups in total. The van der Waals surface area contributed by atoms with Crippen molar-refractivity contribution in [1.82, 2.24) is 9.55 Å². The number of rotatable bonds is 5. The Morgan fingerprint density at radius 2 is 1.85 bits per heavy atom. The van der Waals surface area contributed by atoms with Crippen molar-refractivity contribution in [2.75, 3.05) is 11.4 Å². The third-order valence-corrected chi connectivity index (χ3v) is 4.19. The normalized spacial score (nSPS) is 10.5. The summed E-state index contributed by atoms with van der Waals surface area (Å²) in [7, 11) is 0. The maximum absolute atomic E-state index is 12.7. The Hall–Kier alpha value is -3.21. The van der Waals surface area contributed by atoms with E-state index in [0.717, 1.165) is 16.8 Å². The highest BCUT2D eigenvalue weighted by atomic mass is 16.2. The van der Waals surface area contributed by atoms with Gasteiger partial charge in [0.2, 0.25) is 5.91 Å². The number of nitrogens with zero attached hydrogens (tertiary/aromatic N) is 3. The van der Waals surface area contributed by atoms with Gasteiger partial charge in [0.1, 0.15) is 6.54 Å². The molecule has 0 radical (unpaired) electrons. The number of aromatic nitrogens is 2. The lowest BCUT2D eigenvalue weighted by Crippen LogP contribution is -2.36. The van der Waals surface area contributed by atoms with E-state index in [2.05, 4.69) is 4.98 Å². The van der Waals surface area contributed by atoms with E-state index in [0.29, 0.717) is 12.2 Å². The van der Waals surface area contributed by atoms with Gasteiger partial charge in [-0.3, -0.25) is 14.2 Å². The third kappa shape index (κ3) is 3.88. The standard InChI is InChI=1S/C21H21N3O2/c1-3-24(18-11-7-8-16(2)12-18)21(26)14-23-15-22-19(13-20(23)25)17-9-5-4-6-10-17/h4-13,15H,3,14H2,1-2H3. The second-order valence-electron chi connectivity index (χ2n) is 6.08. The van der Waals surface area contributed by atoms with Crippen molar-refractivity contribution in [3.05, 3.63) is 82.9 Å². The lowest BCUT2D eigenvalue weighted by Gasteiger charge is -2.22. The summed E-state index contributed by atoms with van der Waals surface area (Å²) >= 11 is 0. The number of hydrogen-bond acceptors (Lipinski definition) is 3. The van der Waals surface area contributed by atoms with Crippen LogP contribution in [0.3, 0.4) is 0 Å². The molecule has 1 heterocycles. The molecule has 26 heavy (non-hydrogen) atoms. The fourth-order valence-corrected chi connectivity index (χ4v) is 2.84. The minimum absolute atomic E-state index is 0.0390. The topological polar surface area (TPSA) is 55.2 Å². The summed E-state index contributed by atoms with van der Waals surface area (Å²) in [6.07, 6.45) is 1.44. The molecule has 0 fully saturated rings. The van der Waals surface area contributed by atoms with Crippen LogP contribution < -0.4 is 10.5 Å². The van der Waals surface area contributed by atoms with Crippen LogP contribution in [-0.2, 0) is 11.3 Å². The molecule has 3 aromatic rings. The van der Waals surface area contributed by atoms with E-state index in [1.54, 1.807) is 4.90 Å². The van der Waals surface area contributed by atoms with Crippen LogP contribution in [0.5, 0.6) is 0 Å². The first-order chi connectivity index (χ1) is 12.6. The van der Waals surface area contributed by atoms with E-state index < -0.39 is 0 Å². The zero-order chi connectivity index (χ0) is 18.5. The van der Waals surface area contributed by atoms with Gasteiger partial charge in [-0.2, -0.15) is 0 Å². The van der Waals surface area contributed by atoms with Crippen LogP contribution >= 0.6 is 0 Å². The van der Waals surface area contributed by atoms with Crippen molar-refractivity contribution in [2.24, 2.45) is 0 Å². The van der Waals surface area contributed by atoms with Crippen molar-refractivity contribution in [3.8, 4) is 11.3 Å². The molecule has 5 heteroatoms. The number of likely N-dealkylation sites (N-methyl/N-ethyl adjacent to an activating group) is 1. The molecule has 132 valence electrons. The summed E-state index contributed by atoms with van der Waals surface area (Å²) in [5.41, 5.74) is 3.15. The Morgan fingerprint density at radius 3 is 2.50 bits per heavy atom. The van der Waals surface area contributed by atoms with E-state index in [4.69, 9.17) is 0 Å². The predicted molar refractivity (Wildman–Crippen MR) is 103 cm³/mol. The van der Waals surface area contributed by atoms with Gasteiger partial charge in [-0.05, 0) is 31.5 Å². The Morgan fingerprint density at radius 1 is 1.08 bits per heavy atom. The molecule has 0 aliphatic rings. The van der Waals surface area contributed by atoms with Gasteiger partial charge in [-0.25, -0.2) is 4.98 Å². The number of hydrogen-bond donors (Lipinski definition) is 0. The van der Waals surface area contributed by atoms with Crippen molar-refractivity contribution in [2.45, 2.75) is 20.4 Å². The zero-order valence-corrected chi connectivity index (χ0v) is 14.9. The maximum Gasteiger partial charge on any atom is 0.254 e. The highest BCUT2D eigenvalue weighted by molar-refractivity contribution is 5.93. The Labute approximate surface area is 152 Å². The number of benzene rings is 2. The van der Waals surface area contributed by atoms with Gasteiger partial charge in [0.25, 0.3) is 5.56 Å². The molecule has 0 aliphatic carbocycles.